The molecule has 0 aromatic heterocycles. The first-order valence-corrected chi connectivity index (χ1v) is 8.32. The largest absolute Gasteiger partial charge is 0.427 e. The van der Waals surface area contributed by atoms with Gasteiger partial charge in [-0.05, 0) is 29.8 Å². The van der Waals surface area contributed by atoms with Crippen LogP contribution in [0.1, 0.15) is 36.7 Å². The van der Waals surface area contributed by atoms with Gasteiger partial charge in [0, 0.05) is 30.6 Å². The van der Waals surface area contributed by atoms with Crippen molar-refractivity contribution in [3.8, 4) is 5.75 Å². The molecule has 0 saturated heterocycles. The molecule has 6 nitrogen and oxygen atoms in total. The number of rotatable bonds is 6. The zero-order chi connectivity index (χ0) is 19.1. The zero-order valence-corrected chi connectivity index (χ0v) is 15.0. The fourth-order valence-electron chi connectivity index (χ4n) is 2.24. The summed E-state index contributed by atoms with van der Waals surface area (Å²) in [5, 5.41) is 5.66. The number of esters is 1. The van der Waals surface area contributed by atoms with Crippen molar-refractivity contribution in [2.75, 3.05) is 5.32 Å². The molecule has 0 aliphatic carbocycles. The minimum absolute atomic E-state index is 0.0554. The minimum Gasteiger partial charge on any atom is -0.427 e. The average Bonchev–Trinajstić information content (AvgIpc) is 2.60. The highest BCUT2D eigenvalue weighted by molar-refractivity contribution is 6.05. The van der Waals surface area contributed by atoms with Gasteiger partial charge in [0.05, 0.1) is 0 Å². The van der Waals surface area contributed by atoms with Crippen LogP contribution in [0.15, 0.2) is 48.5 Å². The molecule has 6 heteroatoms. The van der Waals surface area contributed by atoms with E-state index in [4.69, 9.17) is 4.74 Å². The van der Waals surface area contributed by atoms with E-state index in [1.54, 1.807) is 30.3 Å². The van der Waals surface area contributed by atoms with Crippen LogP contribution in [0.2, 0.25) is 0 Å². The standard InChI is InChI=1S/C20H22N2O4/c1-13(2)19(24)21-12-16-7-4-5-10-18(16)22-20(25)15-8-6-9-17(11-15)26-14(3)23/h4-11,13H,12H2,1-3H3,(H,21,24)(H,22,25). The molecule has 2 rings (SSSR count). The normalized spacial score (nSPS) is 10.3. The quantitative estimate of drug-likeness (QED) is 0.616. The third kappa shape index (κ3) is 5.44. The van der Waals surface area contributed by atoms with Crippen LogP contribution in [-0.4, -0.2) is 17.8 Å². The van der Waals surface area contributed by atoms with Gasteiger partial charge < -0.3 is 15.4 Å². The predicted molar refractivity (Wildman–Crippen MR) is 98.8 cm³/mol. The summed E-state index contributed by atoms with van der Waals surface area (Å²) in [5.41, 5.74) is 1.77. The number of para-hydroxylation sites is 1. The van der Waals surface area contributed by atoms with Crippen molar-refractivity contribution in [3.63, 3.8) is 0 Å². The lowest BCUT2D eigenvalue weighted by atomic mass is 10.1. The SMILES string of the molecule is CC(=O)Oc1cccc(C(=O)Nc2ccccc2CNC(=O)C(C)C)c1. The Labute approximate surface area is 152 Å². The number of nitrogens with one attached hydrogen (secondary N) is 2. The molecule has 0 saturated carbocycles. The van der Waals surface area contributed by atoms with E-state index in [9.17, 15) is 14.4 Å². The molecular formula is C20H22N2O4. The molecule has 0 fully saturated rings. The van der Waals surface area contributed by atoms with Crippen molar-refractivity contribution < 1.29 is 19.1 Å². The Morgan fingerprint density at radius 1 is 1.04 bits per heavy atom. The first-order valence-electron chi connectivity index (χ1n) is 8.32. The number of hydrogen-bond acceptors (Lipinski definition) is 4. The molecule has 0 heterocycles. The number of ether oxygens (including phenoxy) is 1. The van der Waals surface area contributed by atoms with E-state index >= 15 is 0 Å². The third-order valence-corrected chi connectivity index (χ3v) is 3.60. The Bertz CT molecular complexity index is 815. The smallest absolute Gasteiger partial charge is 0.308 e. The van der Waals surface area contributed by atoms with E-state index < -0.39 is 5.97 Å². The molecule has 0 unspecified atom stereocenters. The van der Waals surface area contributed by atoms with Gasteiger partial charge in [0.15, 0.2) is 0 Å². The van der Waals surface area contributed by atoms with Gasteiger partial charge in [-0.15, -0.1) is 0 Å². The molecule has 0 spiro atoms. The van der Waals surface area contributed by atoms with Crippen molar-refractivity contribution in [2.24, 2.45) is 5.92 Å². The van der Waals surface area contributed by atoms with Gasteiger partial charge in [-0.2, -0.15) is 0 Å². The zero-order valence-electron chi connectivity index (χ0n) is 15.0. The topological polar surface area (TPSA) is 84.5 Å². The molecule has 2 aromatic rings. The maximum Gasteiger partial charge on any atom is 0.308 e. The Hall–Kier alpha value is -3.15. The Morgan fingerprint density at radius 2 is 1.77 bits per heavy atom. The number of anilines is 1. The van der Waals surface area contributed by atoms with Crippen molar-refractivity contribution in [1.29, 1.82) is 0 Å². The van der Waals surface area contributed by atoms with E-state index in [2.05, 4.69) is 10.6 Å². The van der Waals surface area contributed by atoms with E-state index in [0.717, 1.165) is 5.56 Å². The fourth-order valence-corrected chi connectivity index (χ4v) is 2.24. The maximum absolute atomic E-state index is 12.5. The third-order valence-electron chi connectivity index (χ3n) is 3.60. The minimum atomic E-state index is -0.450. The molecule has 0 bridgehead atoms. The summed E-state index contributed by atoms with van der Waals surface area (Å²) in [6.07, 6.45) is 0. The Kier molecular flexibility index (Phi) is 6.49. The Morgan fingerprint density at radius 3 is 2.46 bits per heavy atom. The van der Waals surface area contributed by atoms with Gasteiger partial charge in [0.1, 0.15) is 5.75 Å². The second kappa shape index (κ2) is 8.80. The van der Waals surface area contributed by atoms with Crippen molar-refractivity contribution >= 4 is 23.5 Å². The fraction of sp³-hybridized carbons (Fsp3) is 0.250. The van der Waals surface area contributed by atoms with E-state index in [0.29, 0.717) is 23.5 Å². The molecule has 0 aliphatic heterocycles. The van der Waals surface area contributed by atoms with Crippen LogP contribution in [-0.2, 0) is 16.1 Å². The van der Waals surface area contributed by atoms with E-state index in [1.165, 1.54) is 13.0 Å². The van der Waals surface area contributed by atoms with Crippen molar-refractivity contribution in [1.82, 2.24) is 5.32 Å². The van der Waals surface area contributed by atoms with Crippen LogP contribution in [0.4, 0.5) is 5.69 Å². The lowest BCUT2D eigenvalue weighted by Gasteiger charge is -2.13. The van der Waals surface area contributed by atoms with Gasteiger partial charge in [-0.1, -0.05) is 38.1 Å². The first-order chi connectivity index (χ1) is 12.4. The second-order valence-electron chi connectivity index (χ2n) is 6.11. The molecule has 2 N–H and O–H groups in total. The molecule has 0 aliphatic rings. The van der Waals surface area contributed by atoms with E-state index in [-0.39, 0.29) is 17.7 Å². The number of hydrogen-bond donors (Lipinski definition) is 2. The van der Waals surface area contributed by atoms with Crippen LogP contribution in [0.25, 0.3) is 0 Å². The van der Waals surface area contributed by atoms with Crippen molar-refractivity contribution in [2.45, 2.75) is 27.3 Å². The summed E-state index contributed by atoms with van der Waals surface area (Å²) in [4.78, 5) is 35.3. The van der Waals surface area contributed by atoms with Crippen LogP contribution >= 0.6 is 0 Å². The van der Waals surface area contributed by atoms with Crippen LogP contribution < -0.4 is 15.4 Å². The average molecular weight is 354 g/mol. The van der Waals surface area contributed by atoms with Gasteiger partial charge in [0.2, 0.25) is 5.91 Å². The molecular weight excluding hydrogens is 332 g/mol. The van der Waals surface area contributed by atoms with Gasteiger partial charge in [0.25, 0.3) is 5.91 Å². The summed E-state index contributed by atoms with van der Waals surface area (Å²) in [5.74, 6) is -0.640. The van der Waals surface area contributed by atoms with Crippen LogP contribution in [0.3, 0.4) is 0 Å². The molecule has 26 heavy (non-hydrogen) atoms. The molecule has 136 valence electrons. The Balaban J connectivity index is 2.12. The van der Waals surface area contributed by atoms with Gasteiger partial charge in [-0.3, -0.25) is 14.4 Å². The maximum atomic E-state index is 12.5. The summed E-state index contributed by atoms with van der Waals surface area (Å²) >= 11 is 0. The van der Waals surface area contributed by atoms with Gasteiger partial charge in [-0.25, -0.2) is 0 Å². The van der Waals surface area contributed by atoms with Crippen LogP contribution in [0, 0.1) is 5.92 Å². The highest BCUT2D eigenvalue weighted by atomic mass is 16.5. The number of carbonyl (C=O) groups is 3. The van der Waals surface area contributed by atoms with E-state index in [1.807, 2.05) is 26.0 Å². The molecule has 2 amide bonds. The molecule has 0 atom stereocenters. The predicted octanol–water partition coefficient (Wildman–Crippen LogP) is 3.14. The lowest BCUT2D eigenvalue weighted by Crippen LogP contribution is -2.27. The first kappa shape index (κ1) is 19.2. The van der Waals surface area contributed by atoms with Gasteiger partial charge >= 0.3 is 5.97 Å². The summed E-state index contributed by atoms with van der Waals surface area (Å²) < 4.78 is 5.00. The summed E-state index contributed by atoms with van der Waals surface area (Å²) in [7, 11) is 0. The molecule has 0 radical (unpaired) electrons. The summed E-state index contributed by atoms with van der Waals surface area (Å²) in [6, 6.07) is 13.6. The molecule has 2 aromatic carbocycles. The number of carbonyl (C=O) groups excluding carboxylic acids is 3. The monoisotopic (exact) mass is 354 g/mol. The highest BCUT2D eigenvalue weighted by Crippen LogP contribution is 2.18. The summed E-state index contributed by atoms with van der Waals surface area (Å²) in [6.45, 7) is 5.26. The number of benzene rings is 2. The lowest BCUT2D eigenvalue weighted by molar-refractivity contribution is -0.132. The number of amides is 2. The highest BCUT2D eigenvalue weighted by Gasteiger charge is 2.12. The second-order valence-corrected chi connectivity index (χ2v) is 6.11. The van der Waals surface area contributed by atoms with Crippen LogP contribution in [0.5, 0.6) is 5.75 Å². The van der Waals surface area contributed by atoms with Crippen molar-refractivity contribution in [3.05, 3.63) is 59.7 Å².